The van der Waals surface area contributed by atoms with Crippen molar-refractivity contribution in [3.8, 4) is 0 Å². The highest BCUT2D eigenvalue weighted by molar-refractivity contribution is 7.17. The second-order valence-corrected chi connectivity index (χ2v) is 6.48. The first-order valence-electron chi connectivity index (χ1n) is 6.86. The second kappa shape index (κ2) is 5.07. The van der Waals surface area contributed by atoms with E-state index in [0.29, 0.717) is 17.6 Å². The van der Waals surface area contributed by atoms with E-state index in [9.17, 15) is 4.79 Å². The minimum atomic E-state index is -0.351. The van der Waals surface area contributed by atoms with Crippen molar-refractivity contribution < 1.29 is 4.79 Å². The van der Waals surface area contributed by atoms with E-state index < -0.39 is 0 Å². The van der Waals surface area contributed by atoms with E-state index in [-0.39, 0.29) is 5.91 Å². The van der Waals surface area contributed by atoms with Gasteiger partial charge < -0.3 is 16.0 Å². The van der Waals surface area contributed by atoms with Crippen LogP contribution in [0.4, 0.5) is 5.69 Å². The van der Waals surface area contributed by atoms with Gasteiger partial charge in [0.2, 0.25) is 5.91 Å². The van der Waals surface area contributed by atoms with Gasteiger partial charge in [-0.2, -0.15) is 0 Å². The quantitative estimate of drug-likeness (QED) is 0.891. The average Bonchev–Trinajstić information content (AvgIpc) is 2.80. The molecule has 1 aliphatic heterocycles. The minimum absolute atomic E-state index is 0.351. The Bertz CT molecular complexity index is 642. The van der Waals surface area contributed by atoms with Crippen molar-refractivity contribution in [2.45, 2.75) is 25.9 Å². The van der Waals surface area contributed by atoms with Gasteiger partial charge in [-0.15, -0.1) is 11.3 Å². The van der Waals surface area contributed by atoms with Gasteiger partial charge in [-0.1, -0.05) is 0 Å². The standard InChI is InChI=1S/C15H19N3OS/c1-9-6-18(7-10(2)17-9)11-3-4-14-12(5-11)13(8-20-14)15(16)19/h3-5,8-10,17H,6-7H2,1-2H3,(H2,16,19). The molecule has 2 heterocycles. The Hall–Kier alpha value is -1.59. The number of primary amides is 1. The summed E-state index contributed by atoms with van der Waals surface area (Å²) >= 11 is 1.57. The third-order valence-corrected chi connectivity index (χ3v) is 4.71. The number of amides is 1. The molecule has 1 aliphatic rings. The van der Waals surface area contributed by atoms with Crippen LogP contribution in [0.5, 0.6) is 0 Å². The van der Waals surface area contributed by atoms with Gasteiger partial charge in [0.05, 0.1) is 5.56 Å². The van der Waals surface area contributed by atoms with Crippen LogP contribution in [0.1, 0.15) is 24.2 Å². The molecule has 2 unspecified atom stereocenters. The Balaban J connectivity index is 1.99. The van der Waals surface area contributed by atoms with E-state index >= 15 is 0 Å². The third-order valence-electron chi connectivity index (χ3n) is 3.75. The van der Waals surface area contributed by atoms with Gasteiger partial charge in [0.25, 0.3) is 0 Å². The Morgan fingerprint density at radius 3 is 2.70 bits per heavy atom. The fraction of sp³-hybridized carbons (Fsp3) is 0.400. The van der Waals surface area contributed by atoms with Crippen molar-refractivity contribution in [2.75, 3.05) is 18.0 Å². The van der Waals surface area contributed by atoms with Gasteiger partial charge in [0, 0.05) is 46.3 Å². The number of nitrogens with zero attached hydrogens (tertiary/aromatic N) is 1. The summed E-state index contributed by atoms with van der Waals surface area (Å²) in [7, 11) is 0. The molecular formula is C15H19N3OS. The van der Waals surface area contributed by atoms with Gasteiger partial charge in [0.1, 0.15) is 0 Å². The second-order valence-electron chi connectivity index (χ2n) is 5.57. The third kappa shape index (κ3) is 2.39. The van der Waals surface area contributed by atoms with Crippen molar-refractivity contribution >= 4 is 33.0 Å². The van der Waals surface area contributed by atoms with Gasteiger partial charge in [-0.05, 0) is 32.0 Å². The molecule has 20 heavy (non-hydrogen) atoms. The number of rotatable bonds is 2. The normalized spacial score (nSPS) is 23.2. The predicted molar refractivity (Wildman–Crippen MR) is 84.6 cm³/mol. The molecule has 1 aromatic carbocycles. The number of carbonyl (C=O) groups is 1. The fourth-order valence-corrected chi connectivity index (χ4v) is 3.87. The molecular weight excluding hydrogens is 270 g/mol. The molecule has 5 heteroatoms. The number of fused-ring (bicyclic) bond motifs is 1. The van der Waals surface area contributed by atoms with E-state index in [1.54, 1.807) is 11.3 Å². The zero-order valence-electron chi connectivity index (χ0n) is 11.7. The number of piperazine rings is 1. The molecule has 0 spiro atoms. The number of thiophene rings is 1. The van der Waals surface area contributed by atoms with Crippen molar-refractivity contribution in [2.24, 2.45) is 5.73 Å². The summed E-state index contributed by atoms with van der Waals surface area (Å²) in [6.45, 7) is 6.35. The number of nitrogens with one attached hydrogen (secondary N) is 1. The zero-order chi connectivity index (χ0) is 14.3. The Labute approximate surface area is 122 Å². The molecule has 1 amide bonds. The molecule has 1 saturated heterocycles. The number of carbonyl (C=O) groups excluding carboxylic acids is 1. The summed E-state index contributed by atoms with van der Waals surface area (Å²) in [5.74, 6) is -0.351. The smallest absolute Gasteiger partial charge is 0.250 e. The first kappa shape index (κ1) is 13.4. The van der Waals surface area contributed by atoms with Gasteiger partial charge >= 0.3 is 0 Å². The topological polar surface area (TPSA) is 58.4 Å². The van der Waals surface area contributed by atoms with Gasteiger partial charge in [-0.25, -0.2) is 0 Å². The predicted octanol–water partition coefficient (Wildman–Crippen LogP) is 2.19. The molecule has 2 atom stereocenters. The van der Waals surface area contributed by atoms with Crippen LogP contribution >= 0.6 is 11.3 Å². The largest absolute Gasteiger partial charge is 0.368 e. The highest BCUT2D eigenvalue weighted by atomic mass is 32.1. The number of hydrogen-bond donors (Lipinski definition) is 2. The van der Waals surface area contributed by atoms with Crippen LogP contribution in [-0.2, 0) is 0 Å². The van der Waals surface area contributed by atoms with E-state index in [1.165, 1.54) is 5.69 Å². The molecule has 3 N–H and O–H groups in total. The average molecular weight is 289 g/mol. The van der Waals surface area contributed by atoms with E-state index in [0.717, 1.165) is 23.2 Å². The highest BCUT2D eigenvalue weighted by Gasteiger charge is 2.21. The molecule has 106 valence electrons. The first-order valence-corrected chi connectivity index (χ1v) is 7.74. The van der Waals surface area contributed by atoms with Gasteiger partial charge in [0.15, 0.2) is 0 Å². The van der Waals surface area contributed by atoms with Crippen LogP contribution in [-0.4, -0.2) is 31.1 Å². The summed E-state index contributed by atoms with van der Waals surface area (Å²) in [6, 6.07) is 7.24. The molecule has 1 fully saturated rings. The summed E-state index contributed by atoms with van der Waals surface area (Å²) in [4.78, 5) is 13.8. The Morgan fingerprint density at radius 1 is 1.35 bits per heavy atom. The van der Waals surface area contributed by atoms with Gasteiger partial charge in [-0.3, -0.25) is 4.79 Å². The SMILES string of the molecule is CC1CN(c2ccc3scc(C(N)=O)c3c2)CC(C)N1. The highest BCUT2D eigenvalue weighted by Crippen LogP contribution is 2.30. The summed E-state index contributed by atoms with van der Waals surface area (Å²) in [5.41, 5.74) is 7.23. The van der Waals surface area contributed by atoms with Crippen LogP contribution in [0.3, 0.4) is 0 Å². The van der Waals surface area contributed by atoms with Crippen LogP contribution in [0.2, 0.25) is 0 Å². The first-order chi connectivity index (χ1) is 9.54. The lowest BCUT2D eigenvalue weighted by molar-refractivity contribution is 0.100. The zero-order valence-corrected chi connectivity index (χ0v) is 12.5. The summed E-state index contributed by atoms with van der Waals surface area (Å²) in [5, 5.41) is 6.35. The lowest BCUT2D eigenvalue weighted by Crippen LogP contribution is -2.54. The van der Waals surface area contributed by atoms with Crippen molar-refractivity contribution in [3.05, 3.63) is 29.1 Å². The molecule has 0 radical (unpaired) electrons. The maximum Gasteiger partial charge on any atom is 0.250 e. The van der Waals surface area contributed by atoms with Crippen molar-refractivity contribution in [1.29, 1.82) is 0 Å². The maximum absolute atomic E-state index is 11.5. The Morgan fingerprint density at radius 2 is 2.05 bits per heavy atom. The van der Waals surface area contributed by atoms with Crippen LogP contribution in [0.15, 0.2) is 23.6 Å². The lowest BCUT2D eigenvalue weighted by atomic mass is 10.1. The van der Waals surface area contributed by atoms with Crippen molar-refractivity contribution in [3.63, 3.8) is 0 Å². The molecule has 3 rings (SSSR count). The molecule has 0 aliphatic carbocycles. The van der Waals surface area contributed by atoms with Crippen molar-refractivity contribution in [1.82, 2.24) is 5.32 Å². The van der Waals surface area contributed by atoms with Crippen LogP contribution < -0.4 is 16.0 Å². The van der Waals surface area contributed by atoms with E-state index in [1.807, 2.05) is 5.38 Å². The molecule has 2 aromatic rings. The molecule has 1 aromatic heterocycles. The van der Waals surface area contributed by atoms with Crippen LogP contribution in [0.25, 0.3) is 10.1 Å². The Kier molecular flexibility index (Phi) is 3.40. The molecule has 0 bridgehead atoms. The molecule has 4 nitrogen and oxygen atoms in total. The number of anilines is 1. The minimum Gasteiger partial charge on any atom is -0.368 e. The number of hydrogen-bond acceptors (Lipinski definition) is 4. The molecule has 0 saturated carbocycles. The van der Waals surface area contributed by atoms with Crippen LogP contribution in [0, 0.1) is 0 Å². The fourth-order valence-electron chi connectivity index (χ4n) is 2.94. The summed E-state index contributed by atoms with van der Waals surface area (Å²) < 4.78 is 1.11. The van der Waals surface area contributed by atoms with E-state index in [2.05, 4.69) is 42.3 Å². The van der Waals surface area contributed by atoms with E-state index in [4.69, 9.17) is 5.73 Å². The lowest BCUT2D eigenvalue weighted by Gasteiger charge is -2.37. The summed E-state index contributed by atoms with van der Waals surface area (Å²) in [6.07, 6.45) is 0. The maximum atomic E-state index is 11.5. The monoisotopic (exact) mass is 289 g/mol. The number of nitrogens with two attached hydrogens (primary N) is 1. The number of benzene rings is 1.